The summed E-state index contributed by atoms with van der Waals surface area (Å²) in [4.78, 5) is 27.1. The molecule has 4 heteroatoms. The summed E-state index contributed by atoms with van der Waals surface area (Å²) in [7, 11) is 0. The average molecular weight is 278 g/mol. The van der Waals surface area contributed by atoms with Crippen molar-refractivity contribution in [3.8, 4) is 0 Å². The molecule has 1 unspecified atom stereocenters. The molecule has 1 atom stereocenters. The molecule has 1 heterocycles. The second kappa shape index (κ2) is 4.22. The van der Waals surface area contributed by atoms with Gasteiger partial charge in [0.2, 0.25) is 11.8 Å². The predicted octanol–water partition coefficient (Wildman–Crippen LogP) is 1.94. The van der Waals surface area contributed by atoms with Gasteiger partial charge in [0.25, 0.3) is 0 Å². The highest BCUT2D eigenvalue weighted by Crippen LogP contribution is 2.61. The molecule has 2 saturated carbocycles. The van der Waals surface area contributed by atoms with E-state index in [9.17, 15) is 9.59 Å². The summed E-state index contributed by atoms with van der Waals surface area (Å²) in [5.41, 5.74) is -0.418. The lowest BCUT2D eigenvalue weighted by Crippen LogP contribution is -2.69. The van der Waals surface area contributed by atoms with Gasteiger partial charge in [0, 0.05) is 6.54 Å². The minimum atomic E-state index is -0.762. The third-order valence-electron chi connectivity index (χ3n) is 5.29. The first-order chi connectivity index (χ1) is 9.27. The van der Waals surface area contributed by atoms with Crippen molar-refractivity contribution in [2.75, 3.05) is 6.54 Å². The summed E-state index contributed by atoms with van der Waals surface area (Å²) >= 11 is 0. The van der Waals surface area contributed by atoms with Gasteiger partial charge in [-0.25, -0.2) is 0 Å². The molecule has 0 aromatic heterocycles. The lowest BCUT2D eigenvalue weighted by molar-refractivity contribution is -0.156. The van der Waals surface area contributed by atoms with Crippen molar-refractivity contribution >= 4 is 11.8 Å². The highest BCUT2D eigenvalue weighted by atomic mass is 16.2. The molecular weight excluding hydrogens is 252 g/mol. The number of amides is 2. The lowest BCUT2D eigenvalue weighted by Gasteiger charge is -2.45. The Labute approximate surface area is 121 Å². The Morgan fingerprint density at radius 3 is 2.30 bits per heavy atom. The maximum absolute atomic E-state index is 12.8. The monoisotopic (exact) mass is 278 g/mol. The van der Waals surface area contributed by atoms with Crippen molar-refractivity contribution in [3.05, 3.63) is 0 Å². The van der Waals surface area contributed by atoms with Crippen LogP contribution in [0.4, 0.5) is 0 Å². The van der Waals surface area contributed by atoms with Crippen molar-refractivity contribution in [2.45, 2.75) is 65.0 Å². The highest BCUT2D eigenvalue weighted by molar-refractivity contribution is 5.99. The Balaban J connectivity index is 1.86. The highest BCUT2D eigenvalue weighted by Gasteiger charge is 2.57. The lowest BCUT2D eigenvalue weighted by atomic mass is 9.89. The van der Waals surface area contributed by atoms with E-state index in [1.165, 1.54) is 25.7 Å². The zero-order valence-electron chi connectivity index (χ0n) is 13.0. The Kier molecular flexibility index (Phi) is 2.93. The minimum Gasteiger partial charge on any atom is -0.340 e. The molecule has 3 fully saturated rings. The molecule has 1 aliphatic heterocycles. The van der Waals surface area contributed by atoms with Gasteiger partial charge in [-0.3, -0.25) is 9.59 Å². The number of hydrogen-bond donors (Lipinski definition) is 1. The number of carbonyl (C=O) groups excluding carboxylic acids is 2. The topological polar surface area (TPSA) is 49.4 Å². The van der Waals surface area contributed by atoms with Crippen molar-refractivity contribution in [1.29, 1.82) is 0 Å². The zero-order chi connectivity index (χ0) is 14.7. The molecule has 3 aliphatic rings. The number of nitrogens with one attached hydrogen (secondary N) is 1. The zero-order valence-corrected chi connectivity index (χ0v) is 13.0. The van der Waals surface area contributed by atoms with Gasteiger partial charge < -0.3 is 10.2 Å². The summed E-state index contributed by atoms with van der Waals surface area (Å²) in [6, 6.07) is -0.299. The molecule has 0 spiro atoms. The quantitative estimate of drug-likeness (QED) is 0.854. The van der Waals surface area contributed by atoms with Crippen LogP contribution in [0.15, 0.2) is 0 Å². The summed E-state index contributed by atoms with van der Waals surface area (Å²) in [5, 5.41) is 2.89. The van der Waals surface area contributed by atoms with Crippen LogP contribution in [0, 0.1) is 17.3 Å². The first kappa shape index (κ1) is 13.9. The molecule has 2 amide bonds. The third-order valence-corrected chi connectivity index (χ3v) is 5.29. The van der Waals surface area contributed by atoms with Gasteiger partial charge in [-0.2, -0.15) is 0 Å². The summed E-state index contributed by atoms with van der Waals surface area (Å²) in [6.07, 6.45) is 5.08. The summed E-state index contributed by atoms with van der Waals surface area (Å²) in [6.45, 7) is 8.47. The molecule has 2 aliphatic carbocycles. The fraction of sp³-hybridized carbons (Fsp3) is 0.875. The van der Waals surface area contributed by atoms with E-state index in [1.54, 1.807) is 0 Å². The van der Waals surface area contributed by atoms with Gasteiger partial charge in [0.15, 0.2) is 0 Å². The van der Waals surface area contributed by atoms with E-state index < -0.39 is 5.54 Å². The van der Waals surface area contributed by atoms with Crippen molar-refractivity contribution in [1.82, 2.24) is 10.2 Å². The third kappa shape index (κ3) is 2.13. The number of piperazine rings is 1. The Morgan fingerprint density at radius 2 is 1.85 bits per heavy atom. The average Bonchev–Trinajstić information content (AvgIpc) is 3.17. The van der Waals surface area contributed by atoms with Crippen LogP contribution in [-0.2, 0) is 9.59 Å². The molecule has 3 rings (SSSR count). The van der Waals surface area contributed by atoms with Crippen LogP contribution in [0.25, 0.3) is 0 Å². The molecular formula is C16H26N2O2. The normalized spacial score (nSPS) is 31.4. The van der Waals surface area contributed by atoms with Crippen molar-refractivity contribution < 1.29 is 9.59 Å². The van der Waals surface area contributed by atoms with Crippen LogP contribution in [0.1, 0.15) is 53.4 Å². The van der Waals surface area contributed by atoms with Crippen LogP contribution in [-0.4, -0.2) is 34.8 Å². The Bertz CT molecular complexity index is 447. The molecule has 0 bridgehead atoms. The first-order valence-corrected chi connectivity index (χ1v) is 7.90. The van der Waals surface area contributed by atoms with Gasteiger partial charge in [-0.15, -0.1) is 0 Å². The Morgan fingerprint density at radius 1 is 1.25 bits per heavy atom. The van der Waals surface area contributed by atoms with E-state index in [1.807, 2.05) is 32.6 Å². The number of carbonyl (C=O) groups is 2. The van der Waals surface area contributed by atoms with E-state index in [-0.39, 0.29) is 23.8 Å². The van der Waals surface area contributed by atoms with E-state index >= 15 is 0 Å². The molecule has 20 heavy (non-hydrogen) atoms. The van der Waals surface area contributed by atoms with Crippen molar-refractivity contribution in [3.63, 3.8) is 0 Å². The molecule has 1 N–H and O–H groups in total. The molecule has 4 nitrogen and oxygen atoms in total. The van der Waals surface area contributed by atoms with Crippen LogP contribution in [0.2, 0.25) is 0 Å². The Hall–Kier alpha value is -1.06. The molecule has 0 radical (unpaired) electrons. The van der Waals surface area contributed by atoms with Crippen LogP contribution >= 0.6 is 0 Å². The van der Waals surface area contributed by atoms with Gasteiger partial charge in [-0.1, -0.05) is 13.8 Å². The number of hydrogen-bond acceptors (Lipinski definition) is 2. The van der Waals surface area contributed by atoms with E-state index in [4.69, 9.17) is 0 Å². The fourth-order valence-corrected chi connectivity index (χ4v) is 3.79. The second-order valence-electron chi connectivity index (χ2n) is 7.87. The molecule has 0 aromatic rings. The molecule has 112 valence electrons. The molecule has 1 saturated heterocycles. The summed E-state index contributed by atoms with van der Waals surface area (Å²) in [5.74, 6) is 1.06. The molecule has 0 aromatic carbocycles. The van der Waals surface area contributed by atoms with Gasteiger partial charge in [0.1, 0.15) is 11.6 Å². The summed E-state index contributed by atoms with van der Waals surface area (Å²) < 4.78 is 0. The second-order valence-corrected chi connectivity index (χ2v) is 7.87. The number of rotatable bonds is 4. The van der Waals surface area contributed by atoms with Crippen LogP contribution < -0.4 is 5.32 Å². The van der Waals surface area contributed by atoms with E-state index in [0.29, 0.717) is 5.41 Å². The van der Waals surface area contributed by atoms with Crippen LogP contribution in [0.3, 0.4) is 0 Å². The maximum Gasteiger partial charge on any atom is 0.248 e. The largest absolute Gasteiger partial charge is 0.340 e. The maximum atomic E-state index is 12.8. The van der Waals surface area contributed by atoms with Crippen LogP contribution in [0.5, 0.6) is 0 Å². The standard InChI is InChI=1S/C16H26N2O2/c1-10(2)12-13(19)17-15(3,4)14(20)18(12)9-16(7-8-16)11-5-6-11/h10-12H,5-9H2,1-4H3,(H,17,19). The van der Waals surface area contributed by atoms with Gasteiger partial charge >= 0.3 is 0 Å². The first-order valence-electron chi connectivity index (χ1n) is 7.90. The van der Waals surface area contributed by atoms with E-state index in [0.717, 1.165) is 12.5 Å². The van der Waals surface area contributed by atoms with Gasteiger partial charge in [-0.05, 0) is 56.8 Å². The van der Waals surface area contributed by atoms with Crippen molar-refractivity contribution in [2.24, 2.45) is 17.3 Å². The minimum absolute atomic E-state index is 0.0104. The predicted molar refractivity (Wildman–Crippen MR) is 77.0 cm³/mol. The smallest absolute Gasteiger partial charge is 0.248 e. The fourth-order valence-electron chi connectivity index (χ4n) is 3.79. The SMILES string of the molecule is CC(C)C1C(=O)NC(C)(C)C(=O)N1CC1(C2CC2)CC1. The van der Waals surface area contributed by atoms with E-state index in [2.05, 4.69) is 5.32 Å². The van der Waals surface area contributed by atoms with Gasteiger partial charge in [0.05, 0.1) is 0 Å². The number of nitrogens with zero attached hydrogens (tertiary/aromatic N) is 1.